The van der Waals surface area contributed by atoms with Crippen LogP contribution in [0, 0.1) is 0 Å². The molecule has 0 spiro atoms. The van der Waals surface area contributed by atoms with E-state index < -0.39 is 19.0 Å². The molecule has 42 heavy (non-hydrogen) atoms. The second-order valence-corrected chi connectivity index (χ2v) is 14.5. The fourth-order valence-corrected chi connectivity index (χ4v) is 10.5. The maximum Gasteiger partial charge on any atom is 0.432 e. The van der Waals surface area contributed by atoms with Crippen molar-refractivity contribution in [2.75, 3.05) is 0 Å². The summed E-state index contributed by atoms with van der Waals surface area (Å²) < 4.78 is 50.0. The lowest BCUT2D eigenvalue weighted by atomic mass is 9.88. The molecule has 0 saturated carbocycles. The van der Waals surface area contributed by atoms with Gasteiger partial charge in [0, 0.05) is 22.0 Å². The summed E-state index contributed by atoms with van der Waals surface area (Å²) in [7, 11) is -2.23. The van der Waals surface area contributed by atoms with Crippen LogP contribution in [0.3, 0.4) is 0 Å². The minimum atomic E-state index is -4.70. The molecule has 0 N–H and O–H groups in total. The van der Waals surface area contributed by atoms with E-state index >= 15 is 0 Å². The van der Waals surface area contributed by atoms with Gasteiger partial charge in [0.15, 0.2) is 0 Å². The fraction of sp³-hybridized carbons (Fsp3) is 0.118. The van der Waals surface area contributed by atoms with Crippen LogP contribution in [-0.4, -0.2) is 6.18 Å². The van der Waals surface area contributed by atoms with Crippen molar-refractivity contribution in [1.29, 1.82) is 0 Å². The normalized spacial score (nSPS) is 16.3. The van der Waals surface area contributed by atoms with Crippen LogP contribution in [0.15, 0.2) is 127 Å². The summed E-state index contributed by atoms with van der Waals surface area (Å²) in [6, 6.07) is 40.6. The number of alkyl halides is 3. The molecule has 0 saturated heterocycles. The van der Waals surface area contributed by atoms with E-state index in [4.69, 9.17) is 27.9 Å². The number of halogens is 6. The maximum atomic E-state index is 14.8. The average molecular weight is 688 g/mol. The highest BCUT2D eigenvalue weighted by atomic mass is 79.9. The molecule has 1 atom stereocenters. The third-order valence-corrected chi connectivity index (χ3v) is 12.5. The molecule has 1 aliphatic rings. The highest BCUT2D eigenvalue weighted by Gasteiger charge is 2.61. The molecule has 1 unspecified atom stereocenters. The predicted octanol–water partition coefficient (Wildman–Crippen LogP) is 5.88. The van der Waals surface area contributed by atoms with Crippen molar-refractivity contribution in [2.45, 2.75) is 24.4 Å². The summed E-state index contributed by atoms with van der Waals surface area (Å²) in [4.78, 5) is 0. The first-order valence-electron chi connectivity index (χ1n) is 13.1. The lowest BCUT2D eigenvalue weighted by Gasteiger charge is -2.31. The Hall–Kier alpha value is -2.82. The second-order valence-electron chi connectivity index (χ2n) is 10.2. The summed E-state index contributed by atoms with van der Waals surface area (Å²) in [5.74, 6) is 0.213. The van der Waals surface area contributed by atoms with Crippen molar-refractivity contribution < 1.29 is 34.9 Å². The van der Waals surface area contributed by atoms with Crippen molar-refractivity contribution in [3.05, 3.63) is 154 Å². The zero-order valence-electron chi connectivity index (χ0n) is 22.2. The van der Waals surface area contributed by atoms with Gasteiger partial charge in [-0.1, -0.05) is 83.9 Å². The van der Waals surface area contributed by atoms with Crippen molar-refractivity contribution in [3.63, 3.8) is 0 Å². The lowest BCUT2D eigenvalue weighted by molar-refractivity contribution is -0.248. The van der Waals surface area contributed by atoms with E-state index in [-0.39, 0.29) is 44.8 Å². The molecule has 0 aromatic heterocycles. The first-order valence-corrected chi connectivity index (χ1v) is 15.8. The number of ether oxygens (including phenoxy) is 1. The number of fused-ring (bicyclic) bond motifs is 1. The highest BCUT2D eigenvalue weighted by Crippen LogP contribution is 2.59. The quantitative estimate of drug-likeness (QED) is 0.203. The maximum absolute atomic E-state index is 14.8. The molecule has 5 aromatic carbocycles. The van der Waals surface area contributed by atoms with Crippen LogP contribution in [0.25, 0.3) is 0 Å². The first kappa shape index (κ1) is 30.6. The van der Waals surface area contributed by atoms with Crippen LogP contribution in [0.2, 0.25) is 10.0 Å². The number of hydrogen-bond donors (Lipinski definition) is 0. The molecule has 0 fully saturated rings. The smallest absolute Gasteiger partial charge is 0.432 e. The van der Waals surface area contributed by atoms with Gasteiger partial charge in [-0.15, -0.1) is 0 Å². The zero-order chi connectivity index (χ0) is 28.7. The van der Waals surface area contributed by atoms with Crippen LogP contribution >= 0.6 is 30.5 Å². The molecule has 1 aliphatic heterocycles. The molecule has 8 heteroatoms. The number of benzene rings is 5. The standard InChI is InChI=1S/C34H25Cl2F3OP.BrH/c35-27-19-26(20-28(36)21-27)33(34(37,38)39)22-25-18-24(16-17-32(25)40-33)23-41(29-10-4-1-5-11-29,30-12-6-2-7-13-30)31-14-8-3-9-15-31;/h1-21H,22-23H2;1H/q+1;/p-1. The molecule has 6 rings (SSSR count). The van der Waals surface area contributed by atoms with Gasteiger partial charge in [0.05, 0.1) is 6.16 Å². The Morgan fingerprint density at radius 3 is 1.60 bits per heavy atom. The van der Waals surface area contributed by atoms with Crippen molar-refractivity contribution in [2.24, 2.45) is 0 Å². The molecule has 5 aromatic rings. The van der Waals surface area contributed by atoms with Crippen LogP contribution in [0.4, 0.5) is 13.2 Å². The lowest BCUT2D eigenvalue weighted by Crippen LogP contribution is -3.00. The molecule has 0 amide bonds. The topological polar surface area (TPSA) is 9.23 Å². The summed E-state index contributed by atoms with van der Waals surface area (Å²) in [6.45, 7) is 0. The van der Waals surface area contributed by atoms with Crippen molar-refractivity contribution in [3.8, 4) is 5.75 Å². The third kappa shape index (κ3) is 5.49. The number of rotatable bonds is 6. The monoisotopic (exact) mass is 686 g/mol. The van der Waals surface area contributed by atoms with Gasteiger partial charge in [-0.2, -0.15) is 13.2 Å². The van der Waals surface area contributed by atoms with E-state index in [2.05, 4.69) is 36.4 Å². The summed E-state index contributed by atoms with van der Waals surface area (Å²) >= 11 is 12.2. The van der Waals surface area contributed by atoms with Crippen molar-refractivity contribution in [1.82, 2.24) is 0 Å². The average Bonchev–Trinajstić information content (AvgIpc) is 3.38. The Labute approximate surface area is 264 Å². The van der Waals surface area contributed by atoms with E-state index in [1.807, 2.05) is 66.7 Å². The minimum Gasteiger partial charge on any atom is -1.00 e. The van der Waals surface area contributed by atoms with Gasteiger partial charge >= 0.3 is 6.18 Å². The Balaban J connectivity index is 0.00000353. The Kier molecular flexibility index (Phi) is 8.79. The largest absolute Gasteiger partial charge is 1.00 e. The molecular formula is C34H25BrCl2F3OP. The van der Waals surface area contributed by atoms with Crippen LogP contribution in [-0.2, 0) is 18.2 Å². The second kappa shape index (κ2) is 12.1. The molecular weight excluding hydrogens is 663 g/mol. The van der Waals surface area contributed by atoms with Crippen molar-refractivity contribution >= 4 is 46.4 Å². The Morgan fingerprint density at radius 1 is 0.667 bits per heavy atom. The molecule has 1 nitrogen and oxygen atoms in total. The predicted molar refractivity (Wildman–Crippen MR) is 164 cm³/mol. The summed E-state index contributed by atoms with van der Waals surface area (Å²) in [5, 5.41) is 3.85. The molecule has 0 aliphatic carbocycles. The van der Waals surface area contributed by atoms with E-state index in [9.17, 15) is 13.2 Å². The number of hydrogen-bond acceptors (Lipinski definition) is 1. The van der Waals surface area contributed by atoms with Gasteiger partial charge in [0.2, 0.25) is 5.60 Å². The van der Waals surface area contributed by atoms with Crippen LogP contribution in [0.5, 0.6) is 5.75 Å². The highest BCUT2D eigenvalue weighted by molar-refractivity contribution is 7.95. The van der Waals surface area contributed by atoms with Gasteiger partial charge in [-0.3, -0.25) is 0 Å². The van der Waals surface area contributed by atoms with Gasteiger partial charge in [-0.25, -0.2) is 0 Å². The molecule has 0 bridgehead atoms. The van der Waals surface area contributed by atoms with Gasteiger partial charge in [0.25, 0.3) is 0 Å². The minimum absolute atomic E-state index is 0. The Morgan fingerprint density at radius 2 is 1.14 bits per heavy atom. The van der Waals surface area contributed by atoms with E-state index in [0.717, 1.165) is 5.56 Å². The van der Waals surface area contributed by atoms with Crippen LogP contribution < -0.4 is 37.6 Å². The first-order chi connectivity index (χ1) is 19.7. The third-order valence-electron chi connectivity index (χ3n) is 7.65. The van der Waals surface area contributed by atoms with E-state index in [0.29, 0.717) is 11.7 Å². The molecule has 1 heterocycles. The zero-order valence-corrected chi connectivity index (χ0v) is 26.2. The Bertz CT molecular complexity index is 1570. The van der Waals surface area contributed by atoms with E-state index in [1.54, 1.807) is 6.07 Å². The van der Waals surface area contributed by atoms with Gasteiger partial charge in [0.1, 0.15) is 28.9 Å². The SMILES string of the molecule is FC(F)(F)C1(c2cc(Cl)cc(Cl)c2)Cc2cc(C[P+](c3ccccc3)(c3ccccc3)c3ccccc3)ccc2O1.[Br-]. The summed E-state index contributed by atoms with van der Waals surface area (Å²) in [5.41, 5.74) is -1.24. The van der Waals surface area contributed by atoms with Gasteiger partial charge < -0.3 is 21.7 Å². The summed E-state index contributed by atoms with van der Waals surface area (Å²) in [6.07, 6.45) is -4.43. The molecule has 214 valence electrons. The van der Waals surface area contributed by atoms with Gasteiger partial charge in [-0.05, 0) is 77.9 Å². The van der Waals surface area contributed by atoms with E-state index in [1.165, 1.54) is 34.1 Å². The fourth-order valence-electron chi connectivity index (χ4n) is 5.77. The molecule has 0 radical (unpaired) electrons. The van der Waals surface area contributed by atoms with Crippen LogP contribution in [0.1, 0.15) is 16.7 Å².